The molecule has 3 aromatic rings. The van der Waals surface area contributed by atoms with E-state index in [2.05, 4.69) is 51.8 Å². The molecule has 0 aliphatic carbocycles. The van der Waals surface area contributed by atoms with Gasteiger partial charge in [-0.2, -0.15) is 4.98 Å². The highest BCUT2D eigenvalue weighted by Crippen LogP contribution is 2.28. The first-order chi connectivity index (χ1) is 10.2. The molecule has 0 atom stereocenters. The predicted octanol–water partition coefficient (Wildman–Crippen LogP) is 4.15. The number of benzene rings is 2. The fourth-order valence-corrected chi connectivity index (χ4v) is 2.54. The zero-order valence-electron chi connectivity index (χ0n) is 11.5. The Hall–Kier alpha value is -1.89. The molecule has 0 amide bonds. The Labute approximate surface area is 136 Å². The molecule has 21 heavy (non-hydrogen) atoms. The van der Waals surface area contributed by atoms with Crippen LogP contribution in [0.4, 0.5) is 5.69 Å². The fraction of sp³-hybridized carbons (Fsp3) is 0.125. The molecule has 106 valence electrons. The van der Waals surface area contributed by atoms with Gasteiger partial charge in [0.25, 0.3) is 5.89 Å². The molecule has 0 unspecified atom stereocenters. The number of hydrogen-bond acceptors (Lipinski definition) is 4. The normalized spacial score (nSPS) is 10.8. The van der Waals surface area contributed by atoms with E-state index in [-0.39, 0.29) is 0 Å². The molecule has 0 bridgehead atoms. The van der Waals surface area contributed by atoms with Gasteiger partial charge in [0.2, 0.25) is 5.82 Å². The summed E-state index contributed by atoms with van der Waals surface area (Å²) in [6.45, 7) is 2.13. The molecule has 0 saturated carbocycles. The Morgan fingerprint density at radius 3 is 2.62 bits per heavy atom. The van der Waals surface area contributed by atoms with E-state index in [4.69, 9.17) is 10.3 Å². The molecule has 0 aliphatic heterocycles. The van der Waals surface area contributed by atoms with Gasteiger partial charge in [-0.25, -0.2) is 0 Å². The lowest BCUT2D eigenvalue weighted by atomic mass is 10.1. The molecule has 2 N–H and O–H groups in total. The van der Waals surface area contributed by atoms with Crippen molar-refractivity contribution in [1.82, 2.24) is 10.1 Å². The van der Waals surface area contributed by atoms with Gasteiger partial charge in [-0.15, -0.1) is 0 Å². The van der Waals surface area contributed by atoms with Crippen LogP contribution < -0.4 is 5.73 Å². The molecule has 0 spiro atoms. The van der Waals surface area contributed by atoms with Crippen LogP contribution in [0.5, 0.6) is 0 Å². The van der Waals surface area contributed by atoms with Crippen LogP contribution in [0.3, 0.4) is 0 Å². The zero-order valence-corrected chi connectivity index (χ0v) is 13.7. The summed E-state index contributed by atoms with van der Waals surface area (Å²) in [7, 11) is 0. The first kappa shape index (κ1) is 14.1. The Balaban J connectivity index is 1.97. The van der Waals surface area contributed by atoms with Crippen LogP contribution in [0, 0.1) is 3.57 Å². The van der Waals surface area contributed by atoms with Crippen LogP contribution >= 0.6 is 22.6 Å². The summed E-state index contributed by atoms with van der Waals surface area (Å²) in [6.07, 6.45) is 1.01. The largest absolute Gasteiger partial charge is 0.398 e. The maximum absolute atomic E-state index is 5.98. The van der Waals surface area contributed by atoms with Crippen molar-refractivity contribution in [2.24, 2.45) is 0 Å². The summed E-state index contributed by atoms with van der Waals surface area (Å²) in [5.74, 6) is 1.02. The van der Waals surface area contributed by atoms with Crippen LogP contribution in [0.25, 0.3) is 22.8 Å². The van der Waals surface area contributed by atoms with E-state index in [1.807, 2.05) is 30.3 Å². The van der Waals surface area contributed by atoms with Crippen molar-refractivity contribution in [2.45, 2.75) is 13.3 Å². The maximum atomic E-state index is 5.98. The van der Waals surface area contributed by atoms with E-state index < -0.39 is 0 Å². The van der Waals surface area contributed by atoms with Gasteiger partial charge in [0.15, 0.2) is 0 Å². The van der Waals surface area contributed by atoms with Crippen LogP contribution in [0.2, 0.25) is 0 Å². The van der Waals surface area contributed by atoms with Gasteiger partial charge < -0.3 is 10.3 Å². The molecule has 1 heterocycles. The molecule has 4 nitrogen and oxygen atoms in total. The SMILES string of the molecule is CCc1ccc(-c2noc(-c3cc(I)ccc3N)n2)cc1. The van der Waals surface area contributed by atoms with E-state index in [1.54, 1.807) is 0 Å². The summed E-state index contributed by atoms with van der Waals surface area (Å²) < 4.78 is 6.43. The van der Waals surface area contributed by atoms with Gasteiger partial charge in [-0.3, -0.25) is 0 Å². The second-order valence-corrected chi connectivity index (χ2v) is 5.95. The van der Waals surface area contributed by atoms with Gasteiger partial charge in [0.05, 0.1) is 5.56 Å². The van der Waals surface area contributed by atoms with Gasteiger partial charge >= 0.3 is 0 Å². The number of nitrogens with two attached hydrogens (primary N) is 1. The van der Waals surface area contributed by atoms with Gasteiger partial charge in [0.1, 0.15) is 0 Å². The monoisotopic (exact) mass is 391 g/mol. The van der Waals surface area contributed by atoms with Crippen LogP contribution in [0.1, 0.15) is 12.5 Å². The minimum absolute atomic E-state index is 0.445. The zero-order chi connectivity index (χ0) is 14.8. The fourth-order valence-electron chi connectivity index (χ4n) is 2.05. The molecule has 0 aliphatic rings. The Bertz CT molecular complexity index is 765. The highest BCUT2D eigenvalue weighted by atomic mass is 127. The van der Waals surface area contributed by atoms with Crippen LogP contribution in [-0.2, 0) is 6.42 Å². The number of halogens is 1. The van der Waals surface area contributed by atoms with Gasteiger partial charge in [-0.1, -0.05) is 36.3 Å². The number of nitrogen functional groups attached to an aromatic ring is 1. The molecule has 3 rings (SSSR count). The van der Waals surface area contributed by atoms with E-state index >= 15 is 0 Å². The third kappa shape index (κ3) is 2.92. The standard InChI is InChI=1S/C16H14IN3O/c1-2-10-3-5-11(6-4-10)15-19-16(21-20-15)13-9-12(17)7-8-14(13)18/h3-9H,2,18H2,1H3. The van der Waals surface area contributed by atoms with E-state index in [9.17, 15) is 0 Å². The number of hydrogen-bond donors (Lipinski definition) is 1. The molecular weight excluding hydrogens is 377 g/mol. The lowest BCUT2D eigenvalue weighted by molar-refractivity contribution is 0.432. The first-order valence-electron chi connectivity index (χ1n) is 6.66. The van der Waals surface area contributed by atoms with Gasteiger partial charge in [0, 0.05) is 14.8 Å². The summed E-state index contributed by atoms with van der Waals surface area (Å²) in [5.41, 5.74) is 9.60. The Morgan fingerprint density at radius 2 is 1.90 bits per heavy atom. The Morgan fingerprint density at radius 1 is 1.14 bits per heavy atom. The summed E-state index contributed by atoms with van der Waals surface area (Å²) in [6, 6.07) is 13.9. The molecule has 0 fully saturated rings. The van der Waals surface area contributed by atoms with E-state index in [1.165, 1.54) is 5.56 Å². The minimum Gasteiger partial charge on any atom is -0.398 e. The number of nitrogens with zero attached hydrogens (tertiary/aromatic N) is 2. The smallest absolute Gasteiger partial charge is 0.260 e. The van der Waals surface area contributed by atoms with E-state index in [0.717, 1.165) is 21.1 Å². The summed E-state index contributed by atoms with van der Waals surface area (Å²) >= 11 is 2.23. The second kappa shape index (κ2) is 5.85. The number of rotatable bonds is 3. The maximum Gasteiger partial charge on any atom is 0.260 e. The van der Waals surface area contributed by atoms with E-state index in [0.29, 0.717) is 17.4 Å². The Kier molecular flexibility index (Phi) is 3.92. The van der Waals surface area contributed by atoms with Crippen LogP contribution in [0.15, 0.2) is 47.0 Å². The lowest BCUT2D eigenvalue weighted by Gasteiger charge is -2.00. The molecule has 1 aromatic heterocycles. The average molecular weight is 391 g/mol. The number of anilines is 1. The van der Waals surface area contributed by atoms with Gasteiger partial charge in [-0.05, 0) is 52.8 Å². The first-order valence-corrected chi connectivity index (χ1v) is 7.73. The number of aromatic nitrogens is 2. The number of aryl methyl sites for hydroxylation is 1. The molecule has 0 saturated heterocycles. The topological polar surface area (TPSA) is 64.9 Å². The summed E-state index contributed by atoms with van der Waals surface area (Å²) in [5, 5.41) is 4.04. The van der Waals surface area contributed by atoms with Crippen molar-refractivity contribution in [3.05, 3.63) is 51.6 Å². The molecule has 5 heteroatoms. The van der Waals surface area contributed by atoms with Crippen LogP contribution in [-0.4, -0.2) is 10.1 Å². The summed E-state index contributed by atoms with van der Waals surface area (Å²) in [4.78, 5) is 4.45. The third-order valence-corrected chi connectivity index (χ3v) is 3.96. The lowest BCUT2D eigenvalue weighted by Crippen LogP contribution is -1.91. The molecular formula is C16H14IN3O. The van der Waals surface area contributed by atoms with Crippen molar-refractivity contribution in [1.29, 1.82) is 0 Å². The van der Waals surface area contributed by atoms with Crippen molar-refractivity contribution < 1.29 is 4.52 Å². The second-order valence-electron chi connectivity index (χ2n) is 4.71. The molecule has 0 radical (unpaired) electrons. The minimum atomic E-state index is 0.445. The predicted molar refractivity (Wildman–Crippen MR) is 91.7 cm³/mol. The van der Waals surface area contributed by atoms with Crippen molar-refractivity contribution >= 4 is 28.3 Å². The quantitative estimate of drug-likeness (QED) is 0.538. The highest BCUT2D eigenvalue weighted by Gasteiger charge is 2.13. The van der Waals surface area contributed by atoms with Crippen molar-refractivity contribution in [2.75, 3.05) is 5.73 Å². The van der Waals surface area contributed by atoms with Crippen molar-refractivity contribution in [3.63, 3.8) is 0 Å². The van der Waals surface area contributed by atoms with Crippen molar-refractivity contribution in [3.8, 4) is 22.8 Å². The third-order valence-electron chi connectivity index (χ3n) is 3.29. The highest BCUT2D eigenvalue weighted by molar-refractivity contribution is 14.1. The molecule has 2 aromatic carbocycles. The average Bonchev–Trinajstić information content (AvgIpc) is 2.99.